The molecule has 1 aliphatic carbocycles. The molecule has 2 N–H and O–H groups in total. The molecule has 1 amide bonds. The first-order valence-corrected chi connectivity index (χ1v) is 6.25. The molecule has 18 heavy (non-hydrogen) atoms. The second-order valence-corrected chi connectivity index (χ2v) is 5.09. The topological polar surface area (TPSA) is 66.4 Å². The molecular weight excluding hydrogens is 305 g/mol. The first-order valence-electron chi connectivity index (χ1n) is 5.46. The molecule has 1 fully saturated rings. The normalized spacial score (nSPS) is 16.8. The Balaban J connectivity index is 2.22. The highest BCUT2D eigenvalue weighted by molar-refractivity contribution is 9.10. The van der Waals surface area contributed by atoms with Crippen molar-refractivity contribution in [2.75, 3.05) is 0 Å². The van der Waals surface area contributed by atoms with Gasteiger partial charge in [-0.05, 0) is 47.3 Å². The molecule has 1 aromatic rings. The summed E-state index contributed by atoms with van der Waals surface area (Å²) >= 11 is 2.98. The van der Waals surface area contributed by atoms with E-state index in [2.05, 4.69) is 21.2 Å². The van der Waals surface area contributed by atoms with E-state index in [0.29, 0.717) is 12.8 Å². The molecule has 0 aromatic heterocycles. The van der Waals surface area contributed by atoms with Crippen LogP contribution >= 0.6 is 15.9 Å². The number of carbonyl (C=O) groups is 2. The van der Waals surface area contributed by atoms with Crippen molar-refractivity contribution in [3.63, 3.8) is 0 Å². The fourth-order valence-electron chi connectivity index (χ4n) is 1.89. The molecule has 2 rings (SSSR count). The van der Waals surface area contributed by atoms with Crippen LogP contribution in [-0.4, -0.2) is 22.5 Å². The van der Waals surface area contributed by atoms with E-state index < -0.39 is 23.2 Å². The Kier molecular flexibility index (Phi) is 3.38. The minimum absolute atomic E-state index is 0.0439. The second-order valence-electron chi connectivity index (χ2n) is 4.30. The van der Waals surface area contributed by atoms with Gasteiger partial charge in [-0.1, -0.05) is 6.07 Å². The van der Waals surface area contributed by atoms with Crippen LogP contribution in [0.5, 0.6) is 0 Å². The van der Waals surface area contributed by atoms with Gasteiger partial charge in [-0.15, -0.1) is 0 Å². The van der Waals surface area contributed by atoms with E-state index in [1.54, 1.807) is 0 Å². The van der Waals surface area contributed by atoms with Gasteiger partial charge in [-0.2, -0.15) is 0 Å². The van der Waals surface area contributed by atoms with Gasteiger partial charge in [-0.3, -0.25) is 4.79 Å². The van der Waals surface area contributed by atoms with E-state index in [0.717, 1.165) is 6.42 Å². The predicted molar refractivity (Wildman–Crippen MR) is 65.8 cm³/mol. The number of rotatable bonds is 3. The van der Waals surface area contributed by atoms with Crippen LogP contribution in [0.15, 0.2) is 22.7 Å². The minimum atomic E-state index is -1.19. The van der Waals surface area contributed by atoms with Crippen molar-refractivity contribution in [2.45, 2.75) is 24.8 Å². The van der Waals surface area contributed by atoms with Gasteiger partial charge < -0.3 is 10.4 Å². The highest BCUT2D eigenvalue weighted by Gasteiger charge is 2.45. The molecule has 0 atom stereocenters. The van der Waals surface area contributed by atoms with E-state index in [4.69, 9.17) is 5.11 Å². The number of halogens is 2. The Bertz CT molecular complexity index is 514. The predicted octanol–water partition coefficient (Wildman–Crippen LogP) is 2.33. The lowest BCUT2D eigenvalue weighted by Crippen LogP contribution is -2.59. The van der Waals surface area contributed by atoms with Gasteiger partial charge >= 0.3 is 5.97 Å². The van der Waals surface area contributed by atoms with Gasteiger partial charge in [0.15, 0.2) is 0 Å². The zero-order valence-corrected chi connectivity index (χ0v) is 11.0. The van der Waals surface area contributed by atoms with Crippen molar-refractivity contribution < 1.29 is 19.1 Å². The molecule has 0 unspecified atom stereocenters. The number of nitrogens with one attached hydrogen (secondary N) is 1. The molecule has 96 valence electrons. The summed E-state index contributed by atoms with van der Waals surface area (Å²) in [6.45, 7) is 0. The van der Waals surface area contributed by atoms with Crippen LogP contribution in [0.1, 0.15) is 29.6 Å². The lowest BCUT2D eigenvalue weighted by Gasteiger charge is -2.38. The van der Waals surface area contributed by atoms with Gasteiger partial charge in [0.1, 0.15) is 11.4 Å². The number of hydrogen-bond donors (Lipinski definition) is 2. The van der Waals surface area contributed by atoms with Crippen LogP contribution in [0, 0.1) is 5.82 Å². The molecule has 0 spiro atoms. The van der Waals surface area contributed by atoms with Crippen molar-refractivity contribution >= 4 is 27.8 Å². The average Bonchev–Trinajstić information content (AvgIpc) is 2.26. The first-order chi connectivity index (χ1) is 8.46. The Morgan fingerprint density at radius 3 is 2.56 bits per heavy atom. The van der Waals surface area contributed by atoms with Crippen LogP contribution in [0.2, 0.25) is 0 Å². The van der Waals surface area contributed by atoms with Crippen LogP contribution in [0.3, 0.4) is 0 Å². The average molecular weight is 316 g/mol. The molecule has 4 nitrogen and oxygen atoms in total. The van der Waals surface area contributed by atoms with E-state index in [-0.39, 0.29) is 10.0 Å². The van der Waals surface area contributed by atoms with E-state index in [1.807, 2.05) is 0 Å². The maximum atomic E-state index is 13.3. The van der Waals surface area contributed by atoms with Gasteiger partial charge in [0.2, 0.25) is 0 Å². The largest absolute Gasteiger partial charge is 0.480 e. The zero-order chi connectivity index (χ0) is 13.3. The SMILES string of the molecule is O=C(NC1(C(=O)O)CCC1)c1cccc(F)c1Br. The summed E-state index contributed by atoms with van der Waals surface area (Å²) in [7, 11) is 0. The number of carboxylic acids is 1. The van der Waals surface area contributed by atoms with Crippen molar-refractivity contribution in [1.82, 2.24) is 5.32 Å². The summed E-state index contributed by atoms with van der Waals surface area (Å²) in [4.78, 5) is 23.1. The Hall–Kier alpha value is -1.43. The van der Waals surface area contributed by atoms with Crippen LogP contribution in [0.25, 0.3) is 0 Å². The Labute approximate surface area is 111 Å². The van der Waals surface area contributed by atoms with Crippen molar-refractivity contribution in [3.05, 3.63) is 34.1 Å². The smallest absolute Gasteiger partial charge is 0.329 e. The van der Waals surface area contributed by atoms with Gasteiger partial charge in [-0.25, -0.2) is 9.18 Å². The molecule has 1 aliphatic rings. The summed E-state index contributed by atoms with van der Waals surface area (Å²) in [5.74, 6) is -2.18. The lowest BCUT2D eigenvalue weighted by atomic mass is 9.76. The molecule has 0 saturated heterocycles. The Morgan fingerprint density at radius 1 is 1.39 bits per heavy atom. The molecule has 6 heteroatoms. The van der Waals surface area contributed by atoms with Crippen molar-refractivity contribution in [3.8, 4) is 0 Å². The van der Waals surface area contributed by atoms with Gasteiger partial charge in [0.05, 0.1) is 10.0 Å². The number of hydrogen-bond acceptors (Lipinski definition) is 2. The third kappa shape index (κ3) is 2.12. The fourth-order valence-corrected chi connectivity index (χ4v) is 2.33. The highest BCUT2D eigenvalue weighted by Crippen LogP contribution is 2.33. The van der Waals surface area contributed by atoms with Crippen LogP contribution in [-0.2, 0) is 4.79 Å². The fraction of sp³-hybridized carbons (Fsp3) is 0.333. The number of carbonyl (C=O) groups excluding carboxylic acids is 1. The van der Waals surface area contributed by atoms with Gasteiger partial charge in [0, 0.05) is 0 Å². The van der Waals surface area contributed by atoms with Gasteiger partial charge in [0.25, 0.3) is 5.91 Å². The number of carboxylic acid groups (broad SMARTS) is 1. The third-order valence-electron chi connectivity index (χ3n) is 3.17. The highest BCUT2D eigenvalue weighted by atomic mass is 79.9. The quantitative estimate of drug-likeness (QED) is 0.899. The zero-order valence-electron chi connectivity index (χ0n) is 9.37. The minimum Gasteiger partial charge on any atom is -0.480 e. The maximum Gasteiger partial charge on any atom is 0.329 e. The second kappa shape index (κ2) is 4.68. The molecule has 1 aromatic carbocycles. The molecule has 0 heterocycles. The summed E-state index contributed by atoms with van der Waals surface area (Å²) < 4.78 is 13.3. The molecular formula is C12H11BrFNO3. The molecule has 1 saturated carbocycles. The summed E-state index contributed by atoms with van der Waals surface area (Å²) in [5, 5.41) is 11.6. The van der Waals surface area contributed by atoms with Crippen LogP contribution in [0.4, 0.5) is 4.39 Å². The first kappa shape index (κ1) is 13.0. The number of aliphatic carboxylic acids is 1. The van der Waals surface area contributed by atoms with E-state index in [9.17, 15) is 14.0 Å². The summed E-state index contributed by atoms with van der Waals surface area (Å²) in [5.41, 5.74) is -1.09. The van der Waals surface area contributed by atoms with Crippen molar-refractivity contribution in [2.24, 2.45) is 0 Å². The standard InChI is InChI=1S/C12H11BrFNO3/c13-9-7(3-1-4-8(9)14)10(16)15-12(11(17)18)5-2-6-12/h1,3-4H,2,5-6H2,(H,15,16)(H,17,18). The van der Waals surface area contributed by atoms with E-state index in [1.165, 1.54) is 18.2 Å². The van der Waals surface area contributed by atoms with E-state index >= 15 is 0 Å². The number of amides is 1. The third-order valence-corrected chi connectivity index (χ3v) is 3.97. The maximum absolute atomic E-state index is 13.3. The summed E-state index contributed by atoms with van der Waals surface area (Å²) in [6, 6.07) is 4.07. The molecule has 0 radical (unpaired) electrons. The monoisotopic (exact) mass is 315 g/mol. The molecule has 0 bridgehead atoms. The number of benzene rings is 1. The van der Waals surface area contributed by atoms with Crippen LogP contribution < -0.4 is 5.32 Å². The Morgan fingerprint density at radius 2 is 2.06 bits per heavy atom. The lowest BCUT2D eigenvalue weighted by molar-refractivity contribution is -0.148. The van der Waals surface area contributed by atoms with Crippen molar-refractivity contribution in [1.29, 1.82) is 0 Å². The molecule has 0 aliphatic heterocycles. The summed E-state index contributed by atoms with van der Waals surface area (Å²) in [6.07, 6.45) is 1.57.